The average molecular weight is 384 g/mol. The first-order chi connectivity index (χ1) is 13.5. The Hall–Kier alpha value is -2.67. The first-order valence-electron chi connectivity index (χ1n) is 9.77. The smallest absolute Gasteiger partial charge is 0.274 e. The molecular formula is C21H28N4O3. The molecule has 1 aromatic heterocycles. The van der Waals surface area contributed by atoms with Crippen LogP contribution in [0.5, 0.6) is 0 Å². The number of hydrogen-bond donors (Lipinski definition) is 1. The van der Waals surface area contributed by atoms with Gasteiger partial charge in [0, 0.05) is 24.8 Å². The van der Waals surface area contributed by atoms with Crippen LogP contribution in [0.2, 0.25) is 0 Å². The van der Waals surface area contributed by atoms with Crippen molar-refractivity contribution in [3.63, 3.8) is 0 Å². The van der Waals surface area contributed by atoms with Crippen molar-refractivity contribution in [2.45, 2.75) is 39.3 Å². The number of aromatic nitrogens is 2. The van der Waals surface area contributed by atoms with E-state index in [1.165, 1.54) is 5.56 Å². The third kappa shape index (κ3) is 5.42. The van der Waals surface area contributed by atoms with Crippen molar-refractivity contribution < 1.29 is 14.3 Å². The third-order valence-electron chi connectivity index (χ3n) is 4.91. The predicted octanol–water partition coefficient (Wildman–Crippen LogP) is 1.80. The van der Waals surface area contributed by atoms with E-state index in [9.17, 15) is 9.59 Å². The molecule has 28 heavy (non-hydrogen) atoms. The van der Waals surface area contributed by atoms with Crippen LogP contribution in [0.15, 0.2) is 36.4 Å². The van der Waals surface area contributed by atoms with Crippen LogP contribution in [0, 0.1) is 6.92 Å². The van der Waals surface area contributed by atoms with Gasteiger partial charge in [0.2, 0.25) is 5.91 Å². The monoisotopic (exact) mass is 384 g/mol. The van der Waals surface area contributed by atoms with Crippen LogP contribution < -0.4 is 5.32 Å². The van der Waals surface area contributed by atoms with E-state index in [2.05, 4.69) is 22.5 Å². The van der Waals surface area contributed by atoms with Crippen molar-refractivity contribution in [1.82, 2.24) is 20.0 Å². The zero-order valence-corrected chi connectivity index (χ0v) is 16.6. The Morgan fingerprint density at radius 2 is 1.93 bits per heavy atom. The number of carbonyl (C=O) groups excluding carboxylic acids is 2. The highest BCUT2D eigenvalue weighted by molar-refractivity contribution is 5.92. The Morgan fingerprint density at radius 3 is 2.64 bits per heavy atom. The highest BCUT2D eigenvalue weighted by Gasteiger charge is 2.22. The van der Waals surface area contributed by atoms with Crippen molar-refractivity contribution in [2.75, 3.05) is 26.3 Å². The molecule has 1 aliphatic heterocycles. The van der Waals surface area contributed by atoms with Crippen molar-refractivity contribution in [3.05, 3.63) is 53.3 Å². The van der Waals surface area contributed by atoms with Gasteiger partial charge >= 0.3 is 0 Å². The lowest BCUT2D eigenvalue weighted by atomic mass is 10.1. The molecule has 7 heteroatoms. The second-order valence-electron chi connectivity index (χ2n) is 7.23. The molecule has 1 saturated heterocycles. The minimum absolute atomic E-state index is 0.0676. The van der Waals surface area contributed by atoms with Gasteiger partial charge in [0.15, 0.2) is 5.69 Å². The van der Waals surface area contributed by atoms with E-state index >= 15 is 0 Å². The van der Waals surface area contributed by atoms with Gasteiger partial charge in [-0.15, -0.1) is 0 Å². The molecule has 7 nitrogen and oxygen atoms in total. The standard InChI is InChI=1S/C21H28N4O3/c1-16(8-9-18-6-4-3-5-7-18)22-20(26)15-25-17(2)14-19(23-25)21(27)24-10-12-28-13-11-24/h3-7,14,16H,8-13,15H2,1-2H3,(H,22,26)/t16-/m0/s1. The SMILES string of the molecule is Cc1cc(C(=O)N2CCOCC2)nn1CC(=O)N[C@@H](C)CCc1ccccc1. The predicted molar refractivity (Wildman–Crippen MR) is 106 cm³/mol. The lowest BCUT2D eigenvalue weighted by molar-refractivity contribution is -0.122. The van der Waals surface area contributed by atoms with Gasteiger partial charge in [-0.05, 0) is 38.3 Å². The summed E-state index contributed by atoms with van der Waals surface area (Å²) in [6, 6.07) is 12.0. The summed E-state index contributed by atoms with van der Waals surface area (Å²) in [6.45, 7) is 6.22. The fourth-order valence-electron chi connectivity index (χ4n) is 3.26. The van der Waals surface area contributed by atoms with Crippen LogP contribution in [0.25, 0.3) is 0 Å². The molecule has 1 aliphatic rings. The minimum atomic E-state index is -0.109. The number of morpholine rings is 1. The number of carbonyl (C=O) groups is 2. The molecule has 0 radical (unpaired) electrons. The summed E-state index contributed by atoms with van der Waals surface area (Å²) in [7, 11) is 0. The quantitative estimate of drug-likeness (QED) is 0.790. The molecule has 0 spiro atoms. The van der Waals surface area contributed by atoms with E-state index in [0.717, 1.165) is 18.5 Å². The molecule has 2 heterocycles. The Bertz CT molecular complexity index is 797. The maximum atomic E-state index is 12.5. The van der Waals surface area contributed by atoms with Gasteiger partial charge in [0.25, 0.3) is 5.91 Å². The number of amides is 2. The Labute approximate surface area is 165 Å². The lowest BCUT2D eigenvalue weighted by Gasteiger charge is -2.25. The molecule has 1 fully saturated rings. The summed E-state index contributed by atoms with van der Waals surface area (Å²) < 4.78 is 6.87. The average Bonchev–Trinajstić information content (AvgIpc) is 3.07. The van der Waals surface area contributed by atoms with Gasteiger partial charge in [-0.3, -0.25) is 14.3 Å². The van der Waals surface area contributed by atoms with Crippen LogP contribution in [0.3, 0.4) is 0 Å². The number of aryl methyl sites for hydroxylation is 2. The zero-order valence-electron chi connectivity index (χ0n) is 16.6. The largest absolute Gasteiger partial charge is 0.378 e. The highest BCUT2D eigenvalue weighted by Crippen LogP contribution is 2.09. The summed E-state index contributed by atoms with van der Waals surface area (Å²) >= 11 is 0. The van der Waals surface area contributed by atoms with Crippen LogP contribution in [0.4, 0.5) is 0 Å². The number of hydrogen-bond acceptors (Lipinski definition) is 4. The summed E-state index contributed by atoms with van der Waals surface area (Å²) in [6.07, 6.45) is 1.79. The van der Waals surface area contributed by atoms with Gasteiger partial charge < -0.3 is 15.0 Å². The number of ether oxygens (including phenoxy) is 1. The summed E-state index contributed by atoms with van der Waals surface area (Å²) in [5, 5.41) is 7.37. The van der Waals surface area contributed by atoms with Gasteiger partial charge in [-0.25, -0.2) is 0 Å². The van der Waals surface area contributed by atoms with E-state index < -0.39 is 0 Å². The van der Waals surface area contributed by atoms with E-state index in [1.54, 1.807) is 15.6 Å². The molecule has 2 amide bonds. The first-order valence-corrected chi connectivity index (χ1v) is 9.77. The first kappa shape index (κ1) is 20.1. The topological polar surface area (TPSA) is 76.5 Å². The van der Waals surface area contributed by atoms with Crippen molar-refractivity contribution in [2.24, 2.45) is 0 Å². The van der Waals surface area contributed by atoms with Crippen LogP contribution in [0.1, 0.15) is 35.1 Å². The molecular weight excluding hydrogens is 356 g/mol. The Kier molecular flexibility index (Phi) is 6.81. The maximum Gasteiger partial charge on any atom is 0.274 e. The zero-order chi connectivity index (χ0) is 19.9. The summed E-state index contributed by atoms with van der Waals surface area (Å²) in [4.78, 5) is 26.7. The van der Waals surface area contributed by atoms with Gasteiger partial charge in [-0.1, -0.05) is 30.3 Å². The number of benzene rings is 1. The van der Waals surface area contributed by atoms with Gasteiger partial charge in [0.05, 0.1) is 13.2 Å². The fourth-order valence-corrected chi connectivity index (χ4v) is 3.26. The van der Waals surface area contributed by atoms with E-state index in [4.69, 9.17) is 4.74 Å². The second-order valence-corrected chi connectivity index (χ2v) is 7.23. The Balaban J connectivity index is 1.50. The maximum absolute atomic E-state index is 12.5. The Morgan fingerprint density at radius 1 is 1.21 bits per heavy atom. The van der Waals surface area contributed by atoms with Gasteiger partial charge in [0.1, 0.15) is 6.54 Å². The van der Waals surface area contributed by atoms with E-state index in [0.29, 0.717) is 32.0 Å². The third-order valence-corrected chi connectivity index (χ3v) is 4.91. The minimum Gasteiger partial charge on any atom is -0.378 e. The van der Waals surface area contributed by atoms with Crippen LogP contribution in [-0.2, 0) is 22.5 Å². The van der Waals surface area contributed by atoms with Crippen LogP contribution >= 0.6 is 0 Å². The number of nitrogens with one attached hydrogen (secondary N) is 1. The highest BCUT2D eigenvalue weighted by atomic mass is 16.5. The molecule has 0 unspecified atom stereocenters. The van der Waals surface area contributed by atoms with Crippen molar-refractivity contribution in [3.8, 4) is 0 Å². The van der Waals surface area contributed by atoms with Crippen molar-refractivity contribution in [1.29, 1.82) is 0 Å². The molecule has 0 aliphatic carbocycles. The van der Waals surface area contributed by atoms with Crippen LogP contribution in [-0.4, -0.2) is 58.8 Å². The van der Waals surface area contributed by atoms with Gasteiger partial charge in [-0.2, -0.15) is 5.10 Å². The van der Waals surface area contributed by atoms with E-state index in [-0.39, 0.29) is 24.4 Å². The molecule has 2 aromatic rings. The second kappa shape index (κ2) is 9.50. The lowest BCUT2D eigenvalue weighted by Crippen LogP contribution is -2.41. The molecule has 150 valence electrons. The molecule has 3 rings (SSSR count). The summed E-state index contributed by atoms with van der Waals surface area (Å²) in [5.41, 5.74) is 2.44. The van der Waals surface area contributed by atoms with E-state index in [1.807, 2.05) is 32.0 Å². The fraction of sp³-hybridized carbons (Fsp3) is 0.476. The summed E-state index contributed by atoms with van der Waals surface area (Å²) in [5.74, 6) is -0.209. The molecule has 0 saturated carbocycles. The molecule has 1 aromatic carbocycles. The normalized spacial score (nSPS) is 15.3. The molecule has 0 bridgehead atoms. The van der Waals surface area contributed by atoms with Crippen molar-refractivity contribution >= 4 is 11.8 Å². The molecule has 1 atom stereocenters. The molecule has 1 N–H and O–H groups in total. The number of nitrogens with zero attached hydrogens (tertiary/aromatic N) is 3. The number of rotatable bonds is 7.